The van der Waals surface area contributed by atoms with E-state index in [1.54, 1.807) is 0 Å². The number of aliphatic hydroxyl groups excluding tert-OH is 1. The molecule has 0 saturated carbocycles. The number of amides is 1. The largest absolute Gasteiger partial charge is 0.394 e. The SMILES string of the molecule is CC(C)CC(CO)NC(=O)C1CCCCS1(=O)=O. The van der Waals surface area contributed by atoms with Gasteiger partial charge in [-0.05, 0) is 25.2 Å². The zero-order valence-electron chi connectivity index (χ0n) is 11.1. The second-order valence-electron chi connectivity index (χ2n) is 5.37. The maximum atomic E-state index is 12.0. The summed E-state index contributed by atoms with van der Waals surface area (Å²) in [6, 6.07) is -0.352. The van der Waals surface area contributed by atoms with Gasteiger partial charge in [0.2, 0.25) is 5.91 Å². The van der Waals surface area contributed by atoms with E-state index in [2.05, 4.69) is 5.32 Å². The quantitative estimate of drug-likeness (QED) is 0.765. The van der Waals surface area contributed by atoms with Crippen LogP contribution in [0.1, 0.15) is 39.5 Å². The lowest BCUT2D eigenvalue weighted by Crippen LogP contribution is -2.48. The van der Waals surface area contributed by atoms with Crippen molar-refractivity contribution in [3.8, 4) is 0 Å². The Labute approximate surface area is 109 Å². The molecule has 0 radical (unpaired) electrons. The second-order valence-corrected chi connectivity index (χ2v) is 7.67. The lowest BCUT2D eigenvalue weighted by atomic mass is 10.0. The van der Waals surface area contributed by atoms with E-state index in [-0.39, 0.29) is 18.4 Å². The summed E-state index contributed by atoms with van der Waals surface area (Å²) >= 11 is 0. The van der Waals surface area contributed by atoms with Crippen LogP contribution in [0, 0.1) is 5.92 Å². The smallest absolute Gasteiger partial charge is 0.238 e. The van der Waals surface area contributed by atoms with Crippen molar-refractivity contribution in [1.82, 2.24) is 5.32 Å². The Morgan fingerprint density at radius 2 is 2.06 bits per heavy atom. The first-order valence-electron chi connectivity index (χ1n) is 6.49. The number of nitrogens with one attached hydrogen (secondary N) is 1. The molecule has 0 aromatic heterocycles. The first-order chi connectivity index (χ1) is 8.36. The molecular weight excluding hydrogens is 254 g/mol. The second kappa shape index (κ2) is 6.52. The summed E-state index contributed by atoms with van der Waals surface area (Å²) < 4.78 is 23.6. The first kappa shape index (κ1) is 15.4. The van der Waals surface area contributed by atoms with E-state index < -0.39 is 21.0 Å². The highest BCUT2D eigenvalue weighted by Gasteiger charge is 2.35. The third kappa shape index (κ3) is 4.24. The molecule has 1 aliphatic rings. The maximum Gasteiger partial charge on any atom is 0.238 e. The van der Waals surface area contributed by atoms with Crippen LogP contribution < -0.4 is 5.32 Å². The molecule has 1 aliphatic heterocycles. The Morgan fingerprint density at radius 3 is 2.56 bits per heavy atom. The molecule has 0 aliphatic carbocycles. The topological polar surface area (TPSA) is 83.5 Å². The molecule has 1 rings (SSSR count). The highest BCUT2D eigenvalue weighted by Crippen LogP contribution is 2.20. The van der Waals surface area contributed by atoms with E-state index in [1.165, 1.54) is 0 Å². The van der Waals surface area contributed by atoms with E-state index in [4.69, 9.17) is 0 Å². The molecule has 106 valence electrons. The van der Waals surface area contributed by atoms with Crippen LogP contribution in [-0.4, -0.2) is 43.1 Å². The molecule has 2 unspecified atom stereocenters. The maximum absolute atomic E-state index is 12.0. The summed E-state index contributed by atoms with van der Waals surface area (Å²) in [7, 11) is -3.30. The first-order valence-corrected chi connectivity index (χ1v) is 8.21. The van der Waals surface area contributed by atoms with Gasteiger partial charge in [-0.15, -0.1) is 0 Å². The van der Waals surface area contributed by atoms with E-state index in [0.717, 1.165) is 6.42 Å². The van der Waals surface area contributed by atoms with Gasteiger partial charge in [0.15, 0.2) is 9.84 Å². The van der Waals surface area contributed by atoms with Crippen molar-refractivity contribution in [2.24, 2.45) is 5.92 Å². The van der Waals surface area contributed by atoms with E-state index in [1.807, 2.05) is 13.8 Å². The van der Waals surface area contributed by atoms with Gasteiger partial charge in [-0.2, -0.15) is 0 Å². The van der Waals surface area contributed by atoms with Crippen molar-refractivity contribution < 1.29 is 18.3 Å². The minimum atomic E-state index is -3.30. The summed E-state index contributed by atoms with van der Waals surface area (Å²) in [6.07, 6.45) is 2.45. The van der Waals surface area contributed by atoms with Gasteiger partial charge in [-0.1, -0.05) is 20.3 Å². The minimum Gasteiger partial charge on any atom is -0.394 e. The van der Waals surface area contributed by atoms with Gasteiger partial charge in [-0.25, -0.2) is 8.42 Å². The summed E-state index contributed by atoms with van der Waals surface area (Å²) in [4.78, 5) is 12.0. The molecule has 0 aromatic carbocycles. The molecule has 5 nitrogen and oxygen atoms in total. The highest BCUT2D eigenvalue weighted by molar-refractivity contribution is 7.92. The Bertz CT molecular complexity index is 378. The van der Waals surface area contributed by atoms with Gasteiger partial charge in [-0.3, -0.25) is 4.79 Å². The van der Waals surface area contributed by atoms with E-state index in [9.17, 15) is 18.3 Å². The molecule has 1 saturated heterocycles. The number of aliphatic hydroxyl groups is 1. The summed E-state index contributed by atoms with van der Waals surface area (Å²) in [5, 5.41) is 10.9. The molecule has 1 heterocycles. The van der Waals surface area contributed by atoms with Crippen molar-refractivity contribution in [2.45, 2.75) is 50.8 Å². The van der Waals surface area contributed by atoms with Crippen molar-refractivity contribution >= 4 is 15.7 Å². The molecule has 6 heteroatoms. The summed E-state index contributed by atoms with van der Waals surface area (Å²) in [6.45, 7) is 3.83. The predicted molar refractivity (Wildman–Crippen MR) is 69.9 cm³/mol. The lowest BCUT2D eigenvalue weighted by molar-refractivity contribution is -0.122. The van der Waals surface area contributed by atoms with Gasteiger partial charge in [0.1, 0.15) is 5.25 Å². The zero-order valence-corrected chi connectivity index (χ0v) is 11.9. The standard InChI is InChI=1S/C12H23NO4S/c1-9(2)7-10(8-14)13-12(15)11-5-3-4-6-18(11,16)17/h9-11,14H,3-8H2,1-2H3,(H,13,15). The lowest BCUT2D eigenvalue weighted by Gasteiger charge is -2.25. The van der Waals surface area contributed by atoms with Crippen molar-refractivity contribution in [3.63, 3.8) is 0 Å². The Kier molecular flexibility index (Phi) is 5.59. The predicted octanol–water partition coefficient (Wildman–Crippen LogP) is 0.477. The van der Waals surface area contributed by atoms with E-state index >= 15 is 0 Å². The number of hydrogen-bond acceptors (Lipinski definition) is 4. The monoisotopic (exact) mass is 277 g/mol. The fourth-order valence-corrected chi connectivity index (χ4v) is 4.10. The normalized spacial score (nSPS) is 24.8. The van der Waals surface area contributed by atoms with Gasteiger partial charge in [0.05, 0.1) is 18.4 Å². The number of rotatable bonds is 5. The van der Waals surface area contributed by atoms with Crippen molar-refractivity contribution in [1.29, 1.82) is 0 Å². The van der Waals surface area contributed by atoms with Gasteiger partial charge < -0.3 is 10.4 Å². The minimum absolute atomic E-state index is 0.0963. The van der Waals surface area contributed by atoms with Crippen molar-refractivity contribution in [2.75, 3.05) is 12.4 Å². The van der Waals surface area contributed by atoms with Gasteiger partial charge in [0, 0.05) is 0 Å². The van der Waals surface area contributed by atoms with Gasteiger partial charge >= 0.3 is 0 Å². The molecule has 0 aromatic rings. The number of sulfone groups is 1. The molecule has 1 fully saturated rings. The summed E-state index contributed by atoms with van der Waals surface area (Å²) in [5.41, 5.74) is 0. The molecule has 0 spiro atoms. The molecule has 18 heavy (non-hydrogen) atoms. The number of hydrogen-bond donors (Lipinski definition) is 2. The fourth-order valence-electron chi connectivity index (χ4n) is 2.29. The Balaban J connectivity index is 2.63. The van der Waals surface area contributed by atoms with Crippen LogP contribution in [0.2, 0.25) is 0 Å². The van der Waals surface area contributed by atoms with E-state index in [0.29, 0.717) is 25.2 Å². The molecule has 2 atom stereocenters. The third-order valence-electron chi connectivity index (χ3n) is 3.19. The average Bonchev–Trinajstić information content (AvgIpc) is 2.26. The van der Waals surface area contributed by atoms with Gasteiger partial charge in [0.25, 0.3) is 0 Å². The van der Waals surface area contributed by atoms with Crippen LogP contribution in [0.3, 0.4) is 0 Å². The van der Waals surface area contributed by atoms with Crippen LogP contribution in [0.4, 0.5) is 0 Å². The average molecular weight is 277 g/mol. The molecule has 1 amide bonds. The van der Waals surface area contributed by atoms with Crippen LogP contribution in [0.25, 0.3) is 0 Å². The zero-order chi connectivity index (χ0) is 13.8. The molecular formula is C12H23NO4S. The Morgan fingerprint density at radius 1 is 1.39 bits per heavy atom. The fraction of sp³-hybridized carbons (Fsp3) is 0.917. The van der Waals surface area contributed by atoms with Crippen LogP contribution in [0.15, 0.2) is 0 Å². The van der Waals surface area contributed by atoms with Crippen LogP contribution in [0.5, 0.6) is 0 Å². The molecule has 2 N–H and O–H groups in total. The molecule has 0 bridgehead atoms. The van der Waals surface area contributed by atoms with Crippen molar-refractivity contribution in [3.05, 3.63) is 0 Å². The number of carbonyl (C=O) groups is 1. The van der Waals surface area contributed by atoms with Crippen LogP contribution in [-0.2, 0) is 14.6 Å². The number of carbonyl (C=O) groups excluding carboxylic acids is 1. The Hall–Kier alpha value is -0.620. The highest BCUT2D eigenvalue weighted by atomic mass is 32.2. The summed E-state index contributed by atoms with van der Waals surface area (Å²) in [5.74, 6) is -0.0150. The third-order valence-corrected chi connectivity index (χ3v) is 5.37. The van der Waals surface area contributed by atoms with Crippen LogP contribution >= 0.6 is 0 Å².